The van der Waals surface area contributed by atoms with Gasteiger partial charge >= 0.3 is 0 Å². The number of ether oxygens (including phenoxy) is 3. The van der Waals surface area contributed by atoms with Crippen LogP contribution < -0.4 is 10.1 Å². The highest BCUT2D eigenvalue weighted by Crippen LogP contribution is 2.16. The van der Waals surface area contributed by atoms with E-state index < -0.39 is 0 Å². The number of aryl methyl sites for hydroxylation is 2. The molecule has 0 aliphatic carbocycles. The van der Waals surface area contributed by atoms with Crippen molar-refractivity contribution in [3.05, 3.63) is 29.3 Å². The number of amides is 2. The molecule has 1 aromatic carbocycles. The largest absolute Gasteiger partial charge is 0.484 e. The topological polar surface area (TPSA) is 77.1 Å². The Balaban J connectivity index is 1.65. The van der Waals surface area contributed by atoms with Crippen molar-refractivity contribution in [3.63, 3.8) is 0 Å². The second-order valence-corrected chi connectivity index (χ2v) is 6.80. The lowest BCUT2D eigenvalue weighted by atomic mass is 10.1. The fourth-order valence-corrected chi connectivity index (χ4v) is 2.89. The fourth-order valence-electron chi connectivity index (χ4n) is 2.89. The Kier molecular flexibility index (Phi) is 8.54. The minimum atomic E-state index is -0.138. The number of benzene rings is 1. The normalized spacial score (nSPS) is 14.9. The van der Waals surface area contributed by atoms with Crippen molar-refractivity contribution < 1.29 is 23.8 Å². The zero-order valence-corrected chi connectivity index (χ0v) is 16.5. The Morgan fingerprint density at radius 3 is 2.52 bits per heavy atom. The summed E-state index contributed by atoms with van der Waals surface area (Å²) >= 11 is 0. The summed E-state index contributed by atoms with van der Waals surface area (Å²) in [5.41, 5.74) is 2.33. The van der Waals surface area contributed by atoms with Gasteiger partial charge < -0.3 is 24.4 Å². The number of carbonyl (C=O) groups is 2. The van der Waals surface area contributed by atoms with Crippen molar-refractivity contribution in [1.82, 2.24) is 10.2 Å². The molecule has 150 valence electrons. The van der Waals surface area contributed by atoms with Crippen molar-refractivity contribution in [2.75, 3.05) is 46.6 Å². The van der Waals surface area contributed by atoms with Gasteiger partial charge in [0, 0.05) is 26.2 Å². The third-order valence-corrected chi connectivity index (χ3v) is 4.72. The van der Waals surface area contributed by atoms with Crippen LogP contribution >= 0.6 is 0 Å². The number of likely N-dealkylation sites (tertiary alicyclic amines) is 1. The number of methoxy groups -OCH3 is 1. The van der Waals surface area contributed by atoms with E-state index >= 15 is 0 Å². The van der Waals surface area contributed by atoms with Crippen LogP contribution in [0.15, 0.2) is 18.2 Å². The number of nitrogens with one attached hydrogen (secondary N) is 1. The monoisotopic (exact) mass is 378 g/mol. The summed E-state index contributed by atoms with van der Waals surface area (Å²) in [7, 11) is 1.59. The molecule has 1 aliphatic rings. The van der Waals surface area contributed by atoms with Gasteiger partial charge in [0.25, 0.3) is 5.91 Å². The summed E-state index contributed by atoms with van der Waals surface area (Å²) < 4.78 is 15.7. The Bertz CT molecular complexity index is 627. The van der Waals surface area contributed by atoms with Crippen molar-refractivity contribution in [3.8, 4) is 5.75 Å². The van der Waals surface area contributed by atoms with Crippen LogP contribution in [0.1, 0.15) is 24.0 Å². The Labute approximate surface area is 161 Å². The number of nitrogens with zero attached hydrogens (tertiary/aromatic N) is 1. The molecule has 7 heteroatoms. The number of hydrogen-bond acceptors (Lipinski definition) is 5. The fraction of sp³-hybridized carbons (Fsp3) is 0.600. The van der Waals surface area contributed by atoms with Gasteiger partial charge in [0.1, 0.15) is 12.4 Å². The van der Waals surface area contributed by atoms with Gasteiger partial charge in [-0.1, -0.05) is 6.07 Å². The van der Waals surface area contributed by atoms with Crippen LogP contribution in [0.5, 0.6) is 5.75 Å². The zero-order chi connectivity index (χ0) is 19.6. The van der Waals surface area contributed by atoms with Gasteiger partial charge in [0.15, 0.2) is 6.61 Å². The number of piperidine rings is 1. The first-order valence-corrected chi connectivity index (χ1v) is 9.33. The summed E-state index contributed by atoms with van der Waals surface area (Å²) in [4.78, 5) is 25.9. The molecule has 0 atom stereocenters. The maximum absolute atomic E-state index is 12.1. The van der Waals surface area contributed by atoms with Crippen molar-refractivity contribution in [2.24, 2.45) is 0 Å². The minimum absolute atomic E-state index is 0.00497. The maximum atomic E-state index is 12.1. The first kappa shape index (κ1) is 21.2. The molecule has 1 saturated heterocycles. The van der Waals surface area contributed by atoms with Crippen molar-refractivity contribution in [1.29, 1.82) is 0 Å². The third-order valence-electron chi connectivity index (χ3n) is 4.72. The molecule has 0 aromatic heterocycles. The lowest BCUT2D eigenvalue weighted by Gasteiger charge is -2.32. The number of carbonyl (C=O) groups excluding carboxylic acids is 2. The van der Waals surface area contributed by atoms with Gasteiger partial charge in [-0.15, -0.1) is 0 Å². The predicted octanol–water partition coefficient (Wildman–Crippen LogP) is 1.45. The molecule has 1 N–H and O–H groups in total. The van der Waals surface area contributed by atoms with Crippen LogP contribution in [0.4, 0.5) is 0 Å². The highest BCUT2D eigenvalue weighted by molar-refractivity contribution is 5.78. The second-order valence-electron chi connectivity index (χ2n) is 6.80. The summed E-state index contributed by atoms with van der Waals surface area (Å²) in [6, 6.07) is 5.85. The van der Waals surface area contributed by atoms with Crippen LogP contribution in [0.25, 0.3) is 0 Å². The SMILES string of the molecule is COCCOCC(=O)N1CCC(NC(=O)COc2ccc(C)c(C)c2)CC1. The van der Waals surface area contributed by atoms with E-state index in [1.165, 1.54) is 5.56 Å². The van der Waals surface area contributed by atoms with E-state index in [-0.39, 0.29) is 31.1 Å². The first-order chi connectivity index (χ1) is 13.0. The van der Waals surface area contributed by atoms with E-state index in [0.717, 1.165) is 18.4 Å². The molecule has 0 unspecified atom stereocenters. The van der Waals surface area contributed by atoms with Gasteiger partial charge in [-0.05, 0) is 49.9 Å². The molecule has 0 spiro atoms. The lowest BCUT2D eigenvalue weighted by Crippen LogP contribution is -2.48. The second kappa shape index (κ2) is 10.9. The molecule has 0 saturated carbocycles. The van der Waals surface area contributed by atoms with Gasteiger partial charge in [-0.3, -0.25) is 9.59 Å². The smallest absolute Gasteiger partial charge is 0.258 e. The Hall–Kier alpha value is -2.12. The molecule has 1 aliphatic heterocycles. The van der Waals surface area contributed by atoms with Crippen LogP contribution in [-0.2, 0) is 19.1 Å². The molecule has 7 nitrogen and oxygen atoms in total. The van der Waals surface area contributed by atoms with Gasteiger partial charge in [0.05, 0.1) is 13.2 Å². The first-order valence-electron chi connectivity index (χ1n) is 9.33. The molecular formula is C20H30N2O5. The molecule has 2 rings (SSSR count). The predicted molar refractivity (Wildman–Crippen MR) is 102 cm³/mol. The lowest BCUT2D eigenvalue weighted by molar-refractivity contribution is -0.137. The average molecular weight is 378 g/mol. The van der Waals surface area contributed by atoms with E-state index in [0.29, 0.717) is 32.1 Å². The van der Waals surface area contributed by atoms with Gasteiger partial charge in [-0.25, -0.2) is 0 Å². The van der Waals surface area contributed by atoms with Gasteiger partial charge in [0.2, 0.25) is 5.91 Å². The van der Waals surface area contributed by atoms with Crippen LogP contribution in [-0.4, -0.2) is 69.4 Å². The molecule has 0 bridgehead atoms. The van der Waals surface area contributed by atoms with Crippen molar-refractivity contribution >= 4 is 11.8 Å². The molecule has 27 heavy (non-hydrogen) atoms. The maximum Gasteiger partial charge on any atom is 0.258 e. The number of hydrogen-bond donors (Lipinski definition) is 1. The van der Waals surface area contributed by atoms with E-state index in [2.05, 4.69) is 5.32 Å². The van der Waals surface area contributed by atoms with E-state index in [4.69, 9.17) is 14.2 Å². The van der Waals surface area contributed by atoms with Crippen LogP contribution in [0.2, 0.25) is 0 Å². The number of rotatable bonds is 9. The van der Waals surface area contributed by atoms with E-state index in [1.807, 2.05) is 32.0 Å². The molecule has 0 radical (unpaired) electrons. The molecule has 1 fully saturated rings. The highest BCUT2D eigenvalue weighted by Gasteiger charge is 2.23. The summed E-state index contributed by atoms with van der Waals surface area (Å²) in [6.45, 7) is 6.25. The van der Waals surface area contributed by atoms with E-state index in [9.17, 15) is 9.59 Å². The standard InChI is InChI=1S/C20H30N2O5/c1-15-4-5-18(12-16(15)2)27-13-19(23)21-17-6-8-22(9-7-17)20(24)14-26-11-10-25-3/h4-5,12,17H,6-11,13-14H2,1-3H3,(H,21,23). The Morgan fingerprint density at radius 2 is 1.85 bits per heavy atom. The summed E-state index contributed by atoms with van der Waals surface area (Å²) in [5, 5.41) is 2.98. The van der Waals surface area contributed by atoms with Crippen LogP contribution in [0.3, 0.4) is 0 Å². The molecule has 1 aromatic rings. The third kappa shape index (κ3) is 7.19. The molecule has 1 heterocycles. The van der Waals surface area contributed by atoms with Gasteiger partial charge in [-0.2, -0.15) is 0 Å². The molecule has 2 amide bonds. The minimum Gasteiger partial charge on any atom is -0.484 e. The Morgan fingerprint density at radius 1 is 1.11 bits per heavy atom. The zero-order valence-electron chi connectivity index (χ0n) is 16.5. The van der Waals surface area contributed by atoms with E-state index in [1.54, 1.807) is 12.0 Å². The van der Waals surface area contributed by atoms with Crippen molar-refractivity contribution in [2.45, 2.75) is 32.7 Å². The van der Waals surface area contributed by atoms with Crippen LogP contribution in [0, 0.1) is 13.8 Å². The summed E-state index contributed by atoms with van der Waals surface area (Å²) in [6.07, 6.45) is 1.47. The summed E-state index contributed by atoms with van der Waals surface area (Å²) in [5.74, 6) is 0.539. The molecular weight excluding hydrogens is 348 g/mol. The quantitative estimate of drug-likeness (QED) is 0.658. The average Bonchev–Trinajstić information content (AvgIpc) is 2.66. The highest BCUT2D eigenvalue weighted by atomic mass is 16.5.